The molecular weight excluding hydrogens is 331 g/mol. The van der Waals surface area contributed by atoms with Gasteiger partial charge in [0.1, 0.15) is 11.7 Å². The van der Waals surface area contributed by atoms with Crippen molar-refractivity contribution in [1.29, 1.82) is 0 Å². The number of hydrogen-bond acceptors (Lipinski definition) is 4. The van der Waals surface area contributed by atoms with Crippen LogP contribution in [0.15, 0.2) is 37.1 Å². The second-order valence-corrected chi connectivity index (χ2v) is 4.74. The van der Waals surface area contributed by atoms with Crippen molar-refractivity contribution in [1.82, 2.24) is 9.55 Å². The summed E-state index contributed by atoms with van der Waals surface area (Å²) in [6.07, 6.45) is 2.17. The highest BCUT2D eigenvalue weighted by Crippen LogP contribution is 2.11. The fourth-order valence-corrected chi connectivity index (χ4v) is 1.68. The first-order valence-electron chi connectivity index (χ1n) is 6.52. The molecule has 2 heterocycles. The number of aliphatic carboxylic acids is 2. The molecule has 0 aliphatic rings. The fourth-order valence-electron chi connectivity index (χ4n) is 1.68. The zero-order valence-corrected chi connectivity index (χ0v) is 12.5. The third-order valence-electron chi connectivity index (χ3n) is 2.77. The van der Waals surface area contributed by atoms with Crippen LogP contribution in [-0.4, -0.2) is 32.8 Å². The molecule has 2 rings (SSSR count). The van der Waals surface area contributed by atoms with Gasteiger partial charge in [0.25, 0.3) is 0 Å². The first-order chi connectivity index (χ1) is 11.1. The molecule has 10 heteroatoms. The third kappa shape index (κ3) is 6.46. The molecule has 0 aliphatic carbocycles. The second-order valence-electron chi connectivity index (χ2n) is 4.74. The molecular formula is C14H14F3N3O4. The number of pyridine rings is 1. The van der Waals surface area contributed by atoms with Crippen LogP contribution in [0.5, 0.6) is 0 Å². The molecule has 7 nitrogen and oxygen atoms in total. The Hall–Kier alpha value is -2.91. The van der Waals surface area contributed by atoms with Crippen molar-refractivity contribution < 1.29 is 37.5 Å². The molecule has 0 saturated carbocycles. The van der Waals surface area contributed by atoms with Crippen molar-refractivity contribution in [3.05, 3.63) is 48.3 Å². The van der Waals surface area contributed by atoms with E-state index in [-0.39, 0.29) is 6.42 Å². The highest BCUT2D eigenvalue weighted by molar-refractivity contribution is 5.70. The number of carbonyl (C=O) groups is 2. The number of alkyl halides is 3. The Morgan fingerprint density at radius 3 is 2.50 bits per heavy atom. The summed E-state index contributed by atoms with van der Waals surface area (Å²) in [7, 11) is 1.93. The highest BCUT2D eigenvalue weighted by atomic mass is 19.4. The summed E-state index contributed by atoms with van der Waals surface area (Å²) in [4.78, 5) is 23.5. The van der Waals surface area contributed by atoms with E-state index in [0.717, 1.165) is 11.3 Å². The Bertz CT molecular complexity index is 713. The number of hydrogen-bond donors (Lipinski definition) is 1. The Kier molecular flexibility index (Phi) is 6.45. The van der Waals surface area contributed by atoms with Crippen LogP contribution >= 0.6 is 0 Å². The Balaban J connectivity index is 0.000000351. The van der Waals surface area contributed by atoms with Gasteiger partial charge in [0.2, 0.25) is 0 Å². The molecule has 2 aromatic heterocycles. The molecule has 0 aromatic carbocycles. The monoisotopic (exact) mass is 345 g/mol. The molecule has 0 saturated heterocycles. The number of aromatic nitrogens is 3. The highest BCUT2D eigenvalue weighted by Gasteiger charge is 2.28. The van der Waals surface area contributed by atoms with Gasteiger partial charge in [-0.25, -0.2) is 4.98 Å². The molecule has 0 unspecified atom stereocenters. The zero-order chi connectivity index (χ0) is 18.3. The lowest BCUT2D eigenvalue weighted by molar-refractivity contribution is -0.689. The van der Waals surface area contributed by atoms with Gasteiger partial charge in [-0.05, 0) is 6.07 Å². The van der Waals surface area contributed by atoms with Gasteiger partial charge in [0.05, 0.1) is 18.9 Å². The van der Waals surface area contributed by atoms with Gasteiger partial charge < -0.3 is 19.6 Å². The van der Waals surface area contributed by atoms with Crippen LogP contribution < -0.4 is 9.67 Å². The molecule has 0 radical (unpaired) electrons. The number of carboxylic acid groups (broad SMARTS) is 2. The lowest BCUT2D eigenvalue weighted by atomic mass is 10.2. The number of aryl methyl sites for hydroxylation is 1. The molecule has 130 valence electrons. The molecule has 0 fully saturated rings. The fraction of sp³-hybridized carbons (Fsp3) is 0.286. The summed E-state index contributed by atoms with van der Waals surface area (Å²) in [5, 5.41) is 17.5. The smallest absolute Gasteiger partial charge is 0.430 e. The molecule has 2 aromatic rings. The first kappa shape index (κ1) is 19.1. The normalized spacial score (nSPS) is 10.7. The molecule has 0 atom stereocenters. The van der Waals surface area contributed by atoms with Gasteiger partial charge in [-0.2, -0.15) is 17.7 Å². The predicted molar refractivity (Wildman–Crippen MR) is 71.3 cm³/mol. The number of nitrogens with zero attached hydrogens (tertiary/aromatic N) is 3. The Labute approximate surface area is 134 Å². The largest absolute Gasteiger partial charge is 0.542 e. The van der Waals surface area contributed by atoms with Gasteiger partial charge in [0, 0.05) is 18.7 Å². The van der Waals surface area contributed by atoms with E-state index in [1.54, 1.807) is 12.5 Å². The van der Waals surface area contributed by atoms with E-state index in [2.05, 4.69) is 4.98 Å². The number of rotatable bonds is 4. The predicted octanol–water partition coefficient (Wildman–Crippen LogP) is -0.318. The number of carboxylic acids is 2. The minimum Gasteiger partial charge on any atom is -0.542 e. The third-order valence-corrected chi connectivity index (χ3v) is 2.77. The number of imidazole rings is 1. The van der Waals surface area contributed by atoms with E-state index in [0.29, 0.717) is 6.54 Å². The minimum absolute atomic E-state index is 0.0478. The van der Waals surface area contributed by atoms with Crippen LogP contribution in [0.4, 0.5) is 13.2 Å². The molecule has 0 bridgehead atoms. The molecule has 0 aliphatic heterocycles. The van der Waals surface area contributed by atoms with E-state index in [9.17, 15) is 18.0 Å². The standard InChI is InChI=1S/C12H13N3O2.C2HF3O2/c1-14-9-13-6-11(14)8-15-4-2-3-10(7-15)5-12(16)17;3-2(4,5)1(6)7/h2-4,6-7,9H,5,8H2,1H3;(H,6,7). The molecule has 0 spiro atoms. The second kappa shape index (κ2) is 8.09. The number of carbonyl (C=O) groups excluding carboxylic acids is 1. The molecule has 0 amide bonds. The first-order valence-corrected chi connectivity index (χ1v) is 6.52. The zero-order valence-electron chi connectivity index (χ0n) is 12.5. The maximum absolute atomic E-state index is 10.6. The van der Waals surface area contributed by atoms with Gasteiger partial charge in [0.15, 0.2) is 18.9 Å². The van der Waals surface area contributed by atoms with Crippen LogP contribution in [0, 0.1) is 0 Å². The summed E-state index contributed by atoms with van der Waals surface area (Å²) in [5.74, 6) is -3.82. The van der Waals surface area contributed by atoms with Gasteiger partial charge in [-0.15, -0.1) is 0 Å². The lowest BCUT2D eigenvalue weighted by Gasteiger charge is -2.03. The molecule has 1 N–H and O–H groups in total. The van der Waals surface area contributed by atoms with Crippen LogP contribution in [0.25, 0.3) is 0 Å². The Morgan fingerprint density at radius 1 is 1.42 bits per heavy atom. The van der Waals surface area contributed by atoms with Crippen LogP contribution in [-0.2, 0) is 29.6 Å². The quantitative estimate of drug-likeness (QED) is 0.766. The summed E-state index contributed by atoms with van der Waals surface area (Å²) >= 11 is 0. The van der Waals surface area contributed by atoms with Crippen molar-refractivity contribution in [2.24, 2.45) is 7.05 Å². The lowest BCUT2D eigenvalue weighted by Crippen LogP contribution is -2.37. The van der Waals surface area contributed by atoms with Crippen LogP contribution in [0.3, 0.4) is 0 Å². The SMILES string of the molecule is Cn1cncc1C[n+]1cccc(CC(=O)O)c1.O=C([O-])C(F)(F)F. The van der Waals surface area contributed by atoms with Crippen molar-refractivity contribution in [2.45, 2.75) is 19.1 Å². The van der Waals surface area contributed by atoms with Gasteiger partial charge >= 0.3 is 12.1 Å². The van der Waals surface area contributed by atoms with Crippen molar-refractivity contribution in [2.75, 3.05) is 0 Å². The van der Waals surface area contributed by atoms with Crippen molar-refractivity contribution in [3.63, 3.8) is 0 Å². The van der Waals surface area contributed by atoms with E-state index >= 15 is 0 Å². The summed E-state index contributed by atoms with van der Waals surface area (Å²) in [5.41, 5.74) is 1.87. The van der Waals surface area contributed by atoms with Crippen LogP contribution in [0.2, 0.25) is 0 Å². The van der Waals surface area contributed by atoms with E-state index < -0.39 is 18.1 Å². The van der Waals surface area contributed by atoms with Gasteiger partial charge in [-0.1, -0.05) is 0 Å². The van der Waals surface area contributed by atoms with Crippen molar-refractivity contribution >= 4 is 11.9 Å². The molecule has 24 heavy (non-hydrogen) atoms. The van der Waals surface area contributed by atoms with Crippen LogP contribution in [0.1, 0.15) is 11.3 Å². The maximum atomic E-state index is 10.6. The summed E-state index contributed by atoms with van der Waals surface area (Å²) in [6.45, 7) is 0.684. The van der Waals surface area contributed by atoms with Crippen molar-refractivity contribution in [3.8, 4) is 0 Å². The van der Waals surface area contributed by atoms with E-state index in [1.807, 2.05) is 40.7 Å². The summed E-state index contributed by atoms with van der Waals surface area (Å²) in [6, 6.07) is 3.67. The topological polar surface area (TPSA) is 99.1 Å². The minimum atomic E-state index is -5.19. The number of halogens is 3. The average Bonchev–Trinajstić information content (AvgIpc) is 2.83. The summed E-state index contributed by atoms with van der Waals surface area (Å²) < 4.78 is 35.4. The van der Waals surface area contributed by atoms with E-state index in [1.165, 1.54) is 0 Å². The maximum Gasteiger partial charge on any atom is 0.430 e. The Morgan fingerprint density at radius 2 is 2.04 bits per heavy atom. The van der Waals surface area contributed by atoms with E-state index in [4.69, 9.17) is 15.0 Å². The van der Waals surface area contributed by atoms with Gasteiger partial charge in [-0.3, -0.25) is 4.79 Å². The average molecular weight is 345 g/mol.